The zero-order chi connectivity index (χ0) is 15.8. The number of carboxylic acids is 1. The van der Waals surface area contributed by atoms with Crippen molar-refractivity contribution in [2.45, 2.75) is 39.3 Å². The Morgan fingerprint density at radius 2 is 2.00 bits per heavy atom. The normalized spacial score (nSPS) is 14.6. The Kier molecular flexibility index (Phi) is 3.89. The summed E-state index contributed by atoms with van der Waals surface area (Å²) < 4.78 is 19.0. The summed E-state index contributed by atoms with van der Waals surface area (Å²) in [5.74, 6) is -2.11. The first-order valence-electron chi connectivity index (χ1n) is 6.70. The SMILES string of the molecule is CC(C)(C)OC(=O)N1CCc2ccc(F)c(C(=O)O)c2C1. The topological polar surface area (TPSA) is 66.8 Å². The lowest BCUT2D eigenvalue weighted by molar-refractivity contribution is 0.0221. The quantitative estimate of drug-likeness (QED) is 0.865. The monoisotopic (exact) mass is 295 g/mol. The second-order valence-electron chi connectivity index (χ2n) is 6.02. The average molecular weight is 295 g/mol. The molecule has 0 aliphatic carbocycles. The Balaban J connectivity index is 2.29. The number of hydrogen-bond donors (Lipinski definition) is 1. The van der Waals surface area contributed by atoms with Crippen LogP contribution < -0.4 is 0 Å². The molecule has 1 N–H and O–H groups in total. The molecule has 0 aromatic heterocycles. The summed E-state index contributed by atoms with van der Waals surface area (Å²) in [7, 11) is 0. The Morgan fingerprint density at radius 1 is 1.33 bits per heavy atom. The van der Waals surface area contributed by atoms with Gasteiger partial charge in [0.05, 0.1) is 6.54 Å². The van der Waals surface area contributed by atoms with Crippen LogP contribution in [0.2, 0.25) is 0 Å². The molecule has 0 radical (unpaired) electrons. The van der Waals surface area contributed by atoms with Crippen LogP contribution in [0.25, 0.3) is 0 Å². The van der Waals surface area contributed by atoms with Crippen LogP contribution in [0.1, 0.15) is 42.3 Å². The Labute approximate surface area is 122 Å². The van der Waals surface area contributed by atoms with Crippen LogP contribution in [0.3, 0.4) is 0 Å². The van der Waals surface area contributed by atoms with E-state index in [1.54, 1.807) is 26.8 Å². The van der Waals surface area contributed by atoms with Gasteiger partial charge in [-0.05, 0) is 44.4 Å². The largest absolute Gasteiger partial charge is 0.478 e. The number of benzene rings is 1. The molecule has 0 saturated heterocycles. The van der Waals surface area contributed by atoms with Crippen molar-refractivity contribution in [2.75, 3.05) is 6.54 Å². The molecule has 5 nitrogen and oxygen atoms in total. The van der Waals surface area contributed by atoms with E-state index in [9.17, 15) is 14.0 Å². The van der Waals surface area contributed by atoms with Crippen molar-refractivity contribution in [1.82, 2.24) is 4.90 Å². The van der Waals surface area contributed by atoms with Gasteiger partial charge in [-0.3, -0.25) is 0 Å². The maximum absolute atomic E-state index is 13.7. The highest BCUT2D eigenvalue weighted by Gasteiger charge is 2.29. The Morgan fingerprint density at radius 3 is 2.57 bits per heavy atom. The number of fused-ring (bicyclic) bond motifs is 1. The molecule has 0 atom stereocenters. The van der Waals surface area contributed by atoms with Gasteiger partial charge in [0.2, 0.25) is 0 Å². The molecule has 6 heteroatoms. The first-order chi connectivity index (χ1) is 9.69. The third kappa shape index (κ3) is 3.32. The summed E-state index contributed by atoms with van der Waals surface area (Å²) in [4.78, 5) is 24.7. The Bertz CT molecular complexity index is 592. The van der Waals surface area contributed by atoms with Crippen LogP contribution in [0.15, 0.2) is 12.1 Å². The minimum absolute atomic E-state index is 0.0453. The molecule has 0 spiro atoms. The van der Waals surface area contributed by atoms with Crippen LogP contribution in [0, 0.1) is 5.82 Å². The molecule has 0 saturated carbocycles. The van der Waals surface area contributed by atoms with Gasteiger partial charge < -0.3 is 14.7 Å². The number of carbonyl (C=O) groups excluding carboxylic acids is 1. The fourth-order valence-corrected chi connectivity index (χ4v) is 2.32. The number of ether oxygens (including phenoxy) is 1. The van der Waals surface area contributed by atoms with E-state index in [0.717, 1.165) is 11.6 Å². The van der Waals surface area contributed by atoms with E-state index in [2.05, 4.69) is 0 Å². The number of aromatic carboxylic acids is 1. The van der Waals surface area contributed by atoms with Gasteiger partial charge in [0, 0.05) is 6.54 Å². The number of amides is 1. The van der Waals surface area contributed by atoms with E-state index in [0.29, 0.717) is 18.5 Å². The van der Waals surface area contributed by atoms with Gasteiger partial charge in [0.25, 0.3) is 0 Å². The van der Waals surface area contributed by atoms with Crippen LogP contribution in [0.4, 0.5) is 9.18 Å². The number of nitrogens with zero attached hydrogens (tertiary/aromatic N) is 1. The zero-order valence-electron chi connectivity index (χ0n) is 12.3. The molecular formula is C15H18FNO4. The molecule has 1 aromatic rings. The predicted molar refractivity (Wildman–Crippen MR) is 73.7 cm³/mol. The van der Waals surface area contributed by atoms with Crippen LogP contribution in [0.5, 0.6) is 0 Å². The van der Waals surface area contributed by atoms with Crippen LogP contribution in [-0.2, 0) is 17.7 Å². The van der Waals surface area contributed by atoms with Crippen LogP contribution in [-0.4, -0.2) is 34.2 Å². The molecular weight excluding hydrogens is 277 g/mol. The molecule has 1 aliphatic heterocycles. The summed E-state index contributed by atoms with van der Waals surface area (Å²) in [6.45, 7) is 5.73. The Hall–Kier alpha value is -2.11. The second-order valence-corrected chi connectivity index (χ2v) is 6.02. The van der Waals surface area contributed by atoms with Gasteiger partial charge in [-0.25, -0.2) is 14.0 Å². The van der Waals surface area contributed by atoms with Crippen molar-refractivity contribution in [1.29, 1.82) is 0 Å². The summed E-state index contributed by atoms with van der Waals surface area (Å²) >= 11 is 0. The van der Waals surface area contributed by atoms with Crippen molar-refractivity contribution < 1.29 is 23.8 Å². The zero-order valence-corrected chi connectivity index (χ0v) is 12.3. The highest BCUT2D eigenvalue weighted by molar-refractivity contribution is 5.90. The third-order valence-corrected chi connectivity index (χ3v) is 3.22. The molecule has 21 heavy (non-hydrogen) atoms. The number of halogens is 1. The van der Waals surface area contributed by atoms with Gasteiger partial charge in [0.15, 0.2) is 0 Å². The number of hydrogen-bond acceptors (Lipinski definition) is 3. The first-order valence-corrected chi connectivity index (χ1v) is 6.70. The van der Waals surface area contributed by atoms with Crippen molar-refractivity contribution >= 4 is 12.1 Å². The van der Waals surface area contributed by atoms with Crippen molar-refractivity contribution in [3.05, 3.63) is 34.6 Å². The third-order valence-electron chi connectivity index (χ3n) is 3.22. The van der Waals surface area contributed by atoms with E-state index in [4.69, 9.17) is 9.84 Å². The number of rotatable bonds is 1. The van der Waals surface area contributed by atoms with Crippen LogP contribution >= 0.6 is 0 Å². The second kappa shape index (κ2) is 5.35. The smallest absolute Gasteiger partial charge is 0.410 e. The molecule has 1 amide bonds. The molecule has 114 valence electrons. The molecule has 0 fully saturated rings. The number of carbonyl (C=O) groups is 2. The lowest BCUT2D eigenvalue weighted by atomic mass is 9.94. The molecule has 2 rings (SSSR count). The van der Waals surface area contributed by atoms with Gasteiger partial charge in [0.1, 0.15) is 17.0 Å². The lowest BCUT2D eigenvalue weighted by Crippen LogP contribution is -2.40. The maximum Gasteiger partial charge on any atom is 0.410 e. The maximum atomic E-state index is 13.7. The molecule has 1 heterocycles. The lowest BCUT2D eigenvalue weighted by Gasteiger charge is -2.31. The van der Waals surface area contributed by atoms with E-state index < -0.39 is 23.5 Å². The first kappa shape index (κ1) is 15.3. The van der Waals surface area contributed by atoms with E-state index >= 15 is 0 Å². The standard InChI is InChI=1S/C15H18FNO4/c1-15(2,3)21-14(20)17-7-6-9-4-5-11(16)12(13(18)19)10(9)8-17/h4-5H,6-8H2,1-3H3,(H,18,19). The van der Waals surface area contributed by atoms with Gasteiger partial charge in [-0.15, -0.1) is 0 Å². The molecule has 1 aliphatic rings. The van der Waals surface area contributed by atoms with Crippen molar-refractivity contribution in [3.63, 3.8) is 0 Å². The van der Waals surface area contributed by atoms with Gasteiger partial charge in [-0.2, -0.15) is 0 Å². The minimum atomic E-state index is -1.32. The summed E-state index contributed by atoms with van der Waals surface area (Å²) in [5.41, 5.74) is 0.114. The fourth-order valence-electron chi connectivity index (χ4n) is 2.32. The van der Waals surface area contributed by atoms with E-state index in [-0.39, 0.29) is 12.1 Å². The van der Waals surface area contributed by atoms with Gasteiger partial charge >= 0.3 is 12.1 Å². The van der Waals surface area contributed by atoms with Crippen molar-refractivity contribution in [3.8, 4) is 0 Å². The fraction of sp³-hybridized carbons (Fsp3) is 0.467. The highest BCUT2D eigenvalue weighted by atomic mass is 19.1. The molecule has 0 bridgehead atoms. The summed E-state index contributed by atoms with van der Waals surface area (Å²) in [6, 6.07) is 2.73. The summed E-state index contributed by atoms with van der Waals surface area (Å²) in [5, 5.41) is 9.16. The van der Waals surface area contributed by atoms with E-state index in [1.807, 2.05) is 0 Å². The summed E-state index contributed by atoms with van der Waals surface area (Å²) in [6.07, 6.45) is -0.0384. The minimum Gasteiger partial charge on any atom is -0.478 e. The molecule has 0 unspecified atom stereocenters. The average Bonchev–Trinajstić information content (AvgIpc) is 2.35. The van der Waals surface area contributed by atoms with E-state index in [1.165, 1.54) is 4.90 Å². The van der Waals surface area contributed by atoms with Crippen molar-refractivity contribution in [2.24, 2.45) is 0 Å². The highest BCUT2D eigenvalue weighted by Crippen LogP contribution is 2.26. The van der Waals surface area contributed by atoms with Gasteiger partial charge in [-0.1, -0.05) is 6.07 Å². The number of carboxylic acid groups (broad SMARTS) is 1. The molecule has 1 aromatic carbocycles. The predicted octanol–water partition coefficient (Wildman–Crippen LogP) is 2.82.